The number of H-pyrrole nitrogens is 1. The smallest absolute Gasteiger partial charge is 0.197 e. The van der Waals surface area contributed by atoms with Crippen LogP contribution in [0, 0.1) is 6.92 Å². The van der Waals surface area contributed by atoms with Crippen molar-refractivity contribution in [3.63, 3.8) is 0 Å². The monoisotopic (exact) mass is 318 g/mol. The summed E-state index contributed by atoms with van der Waals surface area (Å²) in [6.45, 7) is 2.96. The third-order valence-electron chi connectivity index (χ3n) is 4.25. The minimum absolute atomic E-state index is 0.0868. The second-order valence-corrected chi connectivity index (χ2v) is 5.81. The van der Waals surface area contributed by atoms with Crippen molar-refractivity contribution in [3.8, 4) is 0 Å². The molecule has 0 amide bonds. The van der Waals surface area contributed by atoms with E-state index in [1.165, 1.54) is 22.4 Å². The van der Waals surface area contributed by atoms with Crippen molar-refractivity contribution in [2.24, 2.45) is 0 Å². The van der Waals surface area contributed by atoms with Gasteiger partial charge in [0.05, 0.1) is 18.3 Å². The molecule has 0 radical (unpaired) electrons. The third-order valence-corrected chi connectivity index (χ3v) is 4.25. The van der Waals surface area contributed by atoms with Crippen LogP contribution in [0.5, 0.6) is 0 Å². The molecule has 6 heteroatoms. The van der Waals surface area contributed by atoms with Gasteiger partial charge in [-0.25, -0.2) is 5.43 Å². The predicted octanol–water partition coefficient (Wildman–Crippen LogP) is 2.79. The highest BCUT2D eigenvalue weighted by molar-refractivity contribution is 5.61. The van der Waals surface area contributed by atoms with Crippen molar-refractivity contribution in [3.05, 3.63) is 77.1 Å². The Hall–Kier alpha value is -2.99. The molecule has 2 aromatic carbocycles. The van der Waals surface area contributed by atoms with Crippen LogP contribution in [0.3, 0.4) is 0 Å². The number of aromatic amines is 1. The number of anilines is 1. The lowest BCUT2D eigenvalue weighted by Crippen LogP contribution is -2.33. The number of hydrazine groups is 1. The van der Waals surface area contributed by atoms with Crippen molar-refractivity contribution in [1.82, 2.24) is 26.0 Å². The van der Waals surface area contributed by atoms with Crippen LogP contribution in [0.25, 0.3) is 6.08 Å². The van der Waals surface area contributed by atoms with Gasteiger partial charge in [0.25, 0.3) is 0 Å². The van der Waals surface area contributed by atoms with Crippen molar-refractivity contribution in [2.45, 2.75) is 19.5 Å². The maximum Gasteiger partial charge on any atom is 0.197 e. The first kappa shape index (κ1) is 14.6. The molecular weight excluding hydrogens is 300 g/mol. The molecule has 24 heavy (non-hydrogen) atoms. The van der Waals surface area contributed by atoms with Crippen LogP contribution in [0.4, 0.5) is 5.69 Å². The number of rotatable bonds is 4. The first-order valence-corrected chi connectivity index (χ1v) is 7.90. The molecule has 1 aromatic heterocycles. The first-order valence-electron chi connectivity index (χ1n) is 7.90. The van der Waals surface area contributed by atoms with Gasteiger partial charge in [0.15, 0.2) is 5.82 Å². The van der Waals surface area contributed by atoms with Gasteiger partial charge in [-0.05, 0) is 41.0 Å². The number of nitrogens with one attached hydrogen (secondary N) is 2. The predicted molar refractivity (Wildman–Crippen MR) is 92.9 cm³/mol. The summed E-state index contributed by atoms with van der Waals surface area (Å²) in [6, 6.07) is 17.0. The Labute approximate surface area is 140 Å². The number of aromatic nitrogens is 4. The molecule has 0 bridgehead atoms. The van der Waals surface area contributed by atoms with E-state index in [-0.39, 0.29) is 6.04 Å². The van der Waals surface area contributed by atoms with E-state index in [1.807, 2.05) is 6.08 Å². The number of hydrogen-bond acceptors (Lipinski definition) is 5. The first-order chi connectivity index (χ1) is 11.8. The van der Waals surface area contributed by atoms with Gasteiger partial charge in [-0.15, -0.1) is 10.2 Å². The fourth-order valence-corrected chi connectivity index (χ4v) is 2.96. The molecule has 0 spiro atoms. The van der Waals surface area contributed by atoms with E-state index in [9.17, 15) is 0 Å². The van der Waals surface area contributed by atoms with Gasteiger partial charge >= 0.3 is 0 Å². The van der Waals surface area contributed by atoms with Crippen molar-refractivity contribution < 1.29 is 0 Å². The van der Waals surface area contributed by atoms with E-state index < -0.39 is 0 Å². The van der Waals surface area contributed by atoms with Gasteiger partial charge in [-0.1, -0.05) is 48.5 Å². The van der Waals surface area contributed by atoms with E-state index in [4.69, 9.17) is 0 Å². The second kappa shape index (κ2) is 6.25. The molecule has 1 atom stereocenters. The number of tetrazole rings is 1. The zero-order valence-electron chi connectivity index (χ0n) is 13.3. The van der Waals surface area contributed by atoms with Gasteiger partial charge in [0, 0.05) is 0 Å². The lowest BCUT2D eigenvalue weighted by molar-refractivity contribution is 0.616. The topological polar surface area (TPSA) is 69.7 Å². The molecular formula is C18H18N6. The molecule has 0 saturated heterocycles. The number of hydrogen-bond donors (Lipinski definition) is 2. The van der Waals surface area contributed by atoms with E-state index in [2.05, 4.69) is 92.6 Å². The number of aryl methyl sites for hydroxylation is 1. The molecule has 1 aliphatic heterocycles. The van der Waals surface area contributed by atoms with Crippen LogP contribution in [-0.4, -0.2) is 20.6 Å². The molecule has 3 aromatic rings. The van der Waals surface area contributed by atoms with E-state index in [0.717, 1.165) is 6.54 Å². The maximum absolute atomic E-state index is 3.96. The summed E-state index contributed by atoms with van der Waals surface area (Å²) < 4.78 is 0. The van der Waals surface area contributed by atoms with E-state index in [1.54, 1.807) is 0 Å². The van der Waals surface area contributed by atoms with Crippen LogP contribution in [0.1, 0.15) is 28.6 Å². The molecule has 0 fully saturated rings. The summed E-state index contributed by atoms with van der Waals surface area (Å²) in [4.78, 5) is 0. The molecule has 1 aliphatic rings. The number of benzene rings is 2. The summed E-state index contributed by atoms with van der Waals surface area (Å²) in [7, 11) is 0. The van der Waals surface area contributed by atoms with Gasteiger partial charge in [-0.2, -0.15) is 5.21 Å². The quantitative estimate of drug-likeness (QED) is 0.774. The molecule has 0 saturated carbocycles. The van der Waals surface area contributed by atoms with Gasteiger partial charge in [0.2, 0.25) is 0 Å². The lowest BCUT2D eigenvalue weighted by Gasteiger charge is -2.21. The Kier molecular flexibility index (Phi) is 3.80. The van der Waals surface area contributed by atoms with Crippen LogP contribution in [-0.2, 0) is 6.54 Å². The Morgan fingerprint density at radius 3 is 2.79 bits per heavy atom. The van der Waals surface area contributed by atoms with Crippen LogP contribution < -0.4 is 10.4 Å². The summed E-state index contributed by atoms with van der Waals surface area (Å²) in [6.07, 6.45) is 3.93. The fourth-order valence-electron chi connectivity index (χ4n) is 2.96. The zero-order valence-corrected chi connectivity index (χ0v) is 13.3. The lowest BCUT2D eigenvalue weighted by atomic mass is 10.1. The molecule has 2 N–H and O–H groups in total. The van der Waals surface area contributed by atoms with Crippen molar-refractivity contribution in [1.29, 1.82) is 0 Å². The number of para-hydroxylation sites is 1. The van der Waals surface area contributed by atoms with Crippen LogP contribution in [0.2, 0.25) is 0 Å². The molecule has 1 unspecified atom stereocenters. The van der Waals surface area contributed by atoms with Gasteiger partial charge in [-0.3, -0.25) is 0 Å². The summed E-state index contributed by atoms with van der Waals surface area (Å²) in [5.41, 5.74) is 8.60. The van der Waals surface area contributed by atoms with E-state index >= 15 is 0 Å². The van der Waals surface area contributed by atoms with Gasteiger partial charge in [0.1, 0.15) is 0 Å². The largest absolute Gasteiger partial charge is 0.303 e. The molecule has 6 nitrogen and oxygen atoms in total. The van der Waals surface area contributed by atoms with E-state index in [0.29, 0.717) is 5.82 Å². The number of nitrogens with zero attached hydrogens (tertiary/aromatic N) is 4. The highest BCUT2D eigenvalue weighted by Gasteiger charge is 2.26. The summed E-state index contributed by atoms with van der Waals surface area (Å²) >= 11 is 0. The van der Waals surface area contributed by atoms with Crippen LogP contribution >= 0.6 is 0 Å². The van der Waals surface area contributed by atoms with Crippen molar-refractivity contribution in [2.75, 3.05) is 5.01 Å². The molecule has 0 aliphatic carbocycles. The minimum atomic E-state index is 0.0868. The average molecular weight is 318 g/mol. The Morgan fingerprint density at radius 1 is 1.12 bits per heavy atom. The Bertz CT molecular complexity index is 855. The number of fused-ring (bicyclic) bond motifs is 1. The van der Waals surface area contributed by atoms with Crippen LogP contribution in [0.15, 0.2) is 54.6 Å². The third kappa shape index (κ3) is 2.79. The highest BCUT2D eigenvalue weighted by Crippen LogP contribution is 2.34. The summed E-state index contributed by atoms with van der Waals surface area (Å²) in [5, 5.41) is 16.1. The zero-order chi connectivity index (χ0) is 16.4. The Morgan fingerprint density at radius 2 is 1.96 bits per heavy atom. The molecule has 120 valence electrons. The van der Waals surface area contributed by atoms with Gasteiger partial charge < -0.3 is 5.01 Å². The van der Waals surface area contributed by atoms with Crippen molar-refractivity contribution >= 4 is 11.8 Å². The average Bonchev–Trinajstić information content (AvgIpc) is 3.24. The second-order valence-electron chi connectivity index (χ2n) is 5.81. The minimum Gasteiger partial charge on any atom is -0.303 e. The molecule has 4 rings (SSSR count). The standard InChI is InChI=1S/C18H18N6/c1-13-6-2-3-7-14(13)12-24-17-9-5-4-8-15(17)16(21-24)10-11-18-19-22-23-20-18/h2-11,16,21H,12H2,1H3,(H,19,20,22,23)/b11-10+. The molecule has 2 heterocycles. The highest BCUT2D eigenvalue weighted by atomic mass is 15.5. The Balaban J connectivity index is 1.60. The summed E-state index contributed by atoms with van der Waals surface area (Å²) in [5.74, 6) is 0.576. The normalized spacial score (nSPS) is 16.7. The fraction of sp³-hybridized carbons (Fsp3) is 0.167. The SMILES string of the molecule is Cc1ccccc1CN1NC(/C=C/c2nn[nH]n2)c2ccccc21. The maximum atomic E-state index is 3.96.